The van der Waals surface area contributed by atoms with Crippen molar-refractivity contribution in [3.63, 3.8) is 0 Å². The van der Waals surface area contributed by atoms with Crippen molar-refractivity contribution in [1.82, 2.24) is 0 Å². The second kappa shape index (κ2) is 4.77. The highest BCUT2D eigenvalue weighted by molar-refractivity contribution is 7.90. The average Bonchev–Trinajstić information content (AvgIpc) is 1.78. The fourth-order valence-corrected chi connectivity index (χ4v) is 1.51. The van der Waals surface area contributed by atoms with E-state index in [1.165, 1.54) is 0 Å². The predicted octanol–water partition coefficient (Wildman–Crippen LogP) is 1.33. The van der Waals surface area contributed by atoms with Gasteiger partial charge in [-0.1, -0.05) is 0 Å². The fraction of sp³-hybridized carbons (Fsp3) is 0.857. The molecule has 0 radical (unpaired) electrons. The Morgan fingerprint density at radius 1 is 1.29 bits per heavy atom. The number of alkyl halides is 3. The molecule has 14 heavy (non-hydrogen) atoms. The van der Waals surface area contributed by atoms with Gasteiger partial charge in [0.05, 0.1) is 5.75 Å². The molecule has 0 aliphatic carbocycles. The van der Waals surface area contributed by atoms with Gasteiger partial charge in [-0.3, -0.25) is 4.79 Å². The van der Waals surface area contributed by atoms with Crippen molar-refractivity contribution in [2.75, 3.05) is 12.0 Å². The summed E-state index contributed by atoms with van der Waals surface area (Å²) in [6.07, 6.45) is -5.39. The smallest absolute Gasteiger partial charge is 0.299 e. The molecule has 3 nitrogen and oxygen atoms in total. The molecule has 0 spiro atoms. The van der Waals surface area contributed by atoms with Gasteiger partial charge in [-0.15, -0.1) is 0 Å². The summed E-state index contributed by atoms with van der Waals surface area (Å²) in [4.78, 5) is 10.6. The molecule has 0 N–H and O–H groups in total. The third-order valence-electron chi connectivity index (χ3n) is 1.37. The maximum Gasteiger partial charge on any atom is 0.395 e. The summed E-state index contributed by atoms with van der Waals surface area (Å²) in [5.74, 6) is -1.22. The lowest BCUT2D eigenvalue weighted by Crippen LogP contribution is -2.15. The van der Waals surface area contributed by atoms with Crippen molar-refractivity contribution in [3.05, 3.63) is 0 Å². The molecule has 0 amide bonds. The molecule has 0 saturated heterocycles. The molecule has 0 aromatic heterocycles. The first-order chi connectivity index (χ1) is 6.10. The lowest BCUT2D eigenvalue weighted by molar-refractivity contribution is -0.152. The van der Waals surface area contributed by atoms with E-state index in [9.17, 15) is 26.4 Å². The lowest BCUT2D eigenvalue weighted by atomic mass is 10.2. The van der Waals surface area contributed by atoms with Crippen LogP contribution in [0.4, 0.5) is 13.2 Å². The highest BCUT2D eigenvalue weighted by Crippen LogP contribution is 2.20. The van der Waals surface area contributed by atoms with Gasteiger partial charge in [-0.05, 0) is 6.42 Å². The molecule has 0 unspecified atom stereocenters. The Hall–Kier alpha value is -0.590. The minimum absolute atomic E-state index is 0.0479. The number of sulfone groups is 1. The Labute approximate surface area is 80.2 Å². The van der Waals surface area contributed by atoms with Crippen molar-refractivity contribution in [1.29, 1.82) is 0 Å². The fourth-order valence-electron chi connectivity index (χ4n) is 0.843. The number of halogens is 3. The van der Waals surface area contributed by atoms with Gasteiger partial charge in [0, 0.05) is 12.7 Å². The van der Waals surface area contributed by atoms with Gasteiger partial charge in [0.25, 0.3) is 0 Å². The van der Waals surface area contributed by atoms with Crippen LogP contribution in [0.3, 0.4) is 0 Å². The molecule has 0 aromatic rings. The van der Waals surface area contributed by atoms with Crippen LogP contribution in [0.1, 0.15) is 19.3 Å². The third kappa shape index (κ3) is 9.50. The first-order valence-corrected chi connectivity index (χ1v) is 5.92. The molecule has 0 aliphatic rings. The second-order valence-electron chi connectivity index (χ2n) is 3.06. The molecule has 0 saturated carbocycles. The molecular weight excluding hydrogens is 221 g/mol. The van der Waals surface area contributed by atoms with Gasteiger partial charge in [0.1, 0.15) is 22.0 Å². The maximum absolute atomic E-state index is 11.6. The number of carbonyl (C=O) groups excluding carboxylic acids is 1. The number of ketones is 1. The summed E-state index contributed by atoms with van der Waals surface area (Å²) >= 11 is 0. The van der Waals surface area contributed by atoms with E-state index in [-0.39, 0.29) is 18.6 Å². The van der Waals surface area contributed by atoms with Crippen LogP contribution >= 0.6 is 0 Å². The van der Waals surface area contributed by atoms with Crippen LogP contribution in [-0.4, -0.2) is 32.4 Å². The minimum atomic E-state index is -4.50. The van der Waals surface area contributed by atoms with Crippen molar-refractivity contribution in [2.45, 2.75) is 25.4 Å². The number of hydrogen-bond acceptors (Lipinski definition) is 3. The zero-order chi connectivity index (χ0) is 11.4. The average molecular weight is 232 g/mol. The van der Waals surface area contributed by atoms with Crippen LogP contribution in [-0.2, 0) is 14.6 Å². The van der Waals surface area contributed by atoms with Gasteiger partial charge in [0.15, 0.2) is 0 Å². The van der Waals surface area contributed by atoms with E-state index < -0.39 is 28.2 Å². The van der Waals surface area contributed by atoms with Crippen LogP contribution in [0.2, 0.25) is 0 Å². The monoisotopic (exact) mass is 232 g/mol. The highest BCUT2D eigenvalue weighted by Gasteiger charge is 2.30. The van der Waals surface area contributed by atoms with E-state index in [2.05, 4.69) is 0 Å². The van der Waals surface area contributed by atoms with Gasteiger partial charge in [0.2, 0.25) is 0 Å². The van der Waals surface area contributed by atoms with E-state index in [0.29, 0.717) is 0 Å². The molecule has 0 aliphatic heterocycles. The van der Waals surface area contributed by atoms with Crippen molar-refractivity contribution >= 4 is 15.6 Å². The molecule has 84 valence electrons. The second-order valence-corrected chi connectivity index (χ2v) is 5.32. The molecule has 0 fully saturated rings. The van der Waals surface area contributed by atoms with Crippen LogP contribution in [0.15, 0.2) is 0 Å². The molecule has 0 bridgehead atoms. The van der Waals surface area contributed by atoms with Crippen LogP contribution in [0, 0.1) is 0 Å². The first kappa shape index (κ1) is 13.4. The van der Waals surface area contributed by atoms with Crippen molar-refractivity contribution in [3.8, 4) is 0 Å². The van der Waals surface area contributed by atoms with Crippen LogP contribution in [0.25, 0.3) is 0 Å². The summed E-state index contributed by atoms with van der Waals surface area (Å²) in [7, 11) is -3.20. The molecule has 0 rings (SSSR count). The minimum Gasteiger partial charge on any atom is -0.299 e. The number of hydrogen-bond donors (Lipinski definition) is 0. The highest BCUT2D eigenvalue weighted by atomic mass is 32.2. The van der Waals surface area contributed by atoms with E-state index in [4.69, 9.17) is 0 Å². The van der Waals surface area contributed by atoms with Gasteiger partial charge in [-0.25, -0.2) is 8.42 Å². The summed E-state index contributed by atoms with van der Waals surface area (Å²) < 4.78 is 56.0. The Kier molecular flexibility index (Phi) is 4.57. The van der Waals surface area contributed by atoms with Gasteiger partial charge >= 0.3 is 6.18 Å². The predicted molar refractivity (Wildman–Crippen MR) is 44.6 cm³/mol. The van der Waals surface area contributed by atoms with Gasteiger partial charge < -0.3 is 0 Å². The summed E-state index contributed by atoms with van der Waals surface area (Å²) in [6.45, 7) is 0. The Morgan fingerprint density at radius 3 is 2.14 bits per heavy atom. The maximum atomic E-state index is 11.6. The molecule has 0 aromatic carbocycles. The zero-order valence-corrected chi connectivity index (χ0v) is 8.41. The zero-order valence-electron chi connectivity index (χ0n) is 7.60. The summed E-state index contributed by atoms with van der Waals surface area (Å²) in [5, 5.41) is 0. The quantitative estimate of drug-likeness (QED) is 0.718. The topological polar surface area (TPSA) is 51.2 Å². The third-order valence-corrected chi connectivity index (χ3v) is 2.40. The lowest BCUT2D eigenvalue weighted by Gasteiger charge is -2.04. The summed E-state index contributed by atoms with van der Waals surface area (Å²) in [5.41, 5.74) is 0. The molecule has 7 heteroatoms. The van der Waals surface area contributed by atoms with E-state index >= 15 is 0 Å². The molecular formula is C7H11F3O3S. The number of rotatable bonds is 5. The Bertz CT molecular complexity index is 292. The van der Waals surface area contributed by atoms with E-state index in [0.717, 1.165) is 6.26 Å². The van der Waals surface area contributed by atoms with E-state index in [1.807, 2.05) is 0 Å². The SMILES string of the molecule is CS(=O)(=O)CCCC(=O)CC(F)(F)F. The standard InChI is InChI=1S/C7H11F3O3S/c1-14(12,13)4-2-3-6(11)5-7(8,9)10/h2-5H2,1H3. The number of carbonyl (C=O) groups is 1. The summed E-state index contributed by atoms with van der Waals surface area (Å²) in [6, 6.07) is 0. The number of Topliss-reactive ketones (excluding diaryl/α,β-unsaturated/α-hetero) is 1. The van der Waals surface area contributed by atoms with Crippen LogP contribution < -0.4 is 0 Å². The normalized spacial score (nSPS) is 12.9. The van der Waals surface area contributed by atoms with Crippen molar-refractivity contribution < 1.29 is 26.4 Å². The van der Waals surface area contributed by atoms with Crippen LogP contribution in [0.5, 0.6) is 0 Å². The van der Waals surface area contributed by atoms with E-state index in [1.54, 1.807) is 0 Å². The van der Waals surface area contributed by atoms with Gasteiger partial charge in [-0.2, -0.15) is 13.2 Å². The van der Waals surface area contributed by atoms with Crippen molar-refractivity contribution in [2.24, 2.45) is 0 Å². The Morgan fingerprint density at radius 2 is 1.79 bits per heavy atom. The first-order valence-electron chi connectivity index (χ1n) is 3.86. The Balaban J connectivity index is 3.77. The molecule has 0 atom stereocenters. The largest absolute Gasteiger partial charge is 0.395 e. The molecule has 0 heterocycles.